The van der Waals surface area contributed by atoms with Crippen molar-refractivity contribution in [2.75, 3.05) is 13.2 Å². The van der Waals surface area contributed by atoms with Crippen molar-refractivity contribution < 1.29 is 9.47 Å². The molecule has 0 heterocycles. The van der Waals surface area contributed by atoms with Gasteiger partial charge in [-0.2, -0.15) is 0 Å². The number of benzene rings is 2. The van der Waals surface area contributed by atoms with Crippen LogP contribution in [0.25, 0.3) is 10.8 Å². The van der Waals surface area contributed by atoms with Crippen molar-refractivity contribution >= 4 is 10.8 Å². The SMILES string of the molecule is CCCCCCCOc1c(C)c(C)c(OCCCCCCC)c2ccccc12. The Labute approximate surface area is 172 Å². The lowest BCUT2D eigenvalue weighted by Crippen LogP contribution is -2.05. The molecule has 2 aromatic rings. The molecule has 2 nitrogen and oxygen atoms in total. The second kappa shape index (κ2) is 12.7. The Morgan fingerprint density at radius 1 is 0.571 bits per heavy atom. The zero-order valence-corrected chi connectivity index (χ0v) is 18.6. The largest absolute Gasteiger partial charge is 0.493 e. The van der Waals surface area contributed by atoms with E-state index in [0.29, 0.717) is 0 Å². The molecule has 0 spiro atoms. The normalized spacial score (nSPS) is 11.1. The van der Waals surface area contributed by atoms with Gasteiger partial charge < -0.3 is 9.47 Å². The number of fused-ring (bicyclic) bond motifs is 1. The van der Waals surface area contributed by atoms with E-state index >= 15 is 0 Å². The van der Waals surface area contributed by atoms with Crippen LogP contribution in [0.3, 0.4) is 0 Å². The van der Waals surface area contributed by atoms with Gasteiger partial charge in [-0.25, -0.2) is 0 Å². The molecule has 0 amide bonds. The summed E-state index contributed by atoms with van der Waals surface area (Å²) in [5.41, 5.74) is 2.43. The molecule has 0 unspecified atom stereocenters. The van der Waals surface area contributed by atoms with Crippen molar-refractivity contribution in [3.8, 4) is 11.5 Å². The Kier molecular flexibility index (Phi) is 10.2. The van der Waals surface area contributed by atoms with Crippen LogP contribution in [-0.2, 0) is 0 Å². The molecule has 28 heavy (non-hydrogen) atoms. The van der Waals surface area contributed by atoms with Crippen LogP contribution in [0.15, 0.2) is 24.3 Å². The molecule has 0 radical (unpaired) electrons. The van der Waals surface area contributed by atoms with Gasteiger partial charge in [0.2, 0.25) is 0 Å². The monoisotopic (exact) mass is 384 g/mol. The van der Waals surface area contributed by atoms with Gasteiger partial charge in [0.15, 0.2) is 0 Å². The molecule has 2 aromatic carbocycles. The maximum atomic E-state index is 6.28. The summed E-state index contributed by atoms with van der Waals surface area (Å²) >= 11 is 0. The van der Waals surface area contributed by atoms with Crippen molar-refractivity contribution in [3.05, 3.63) is 35.4 Å². The first-order valence-electron chi connectivity index (χ1n) is 11.5. The zero-order chi connectivity index (χ0) is 20.2. The zero-order valence-electron chi connectivity index (χ0n) is 18.6. The van der Waals surface area contributed by atoms with Gasteiger partial charge in [0, 0.05) is 10.8 Å². The molecule has 0 atom stereocenters. The third-order valence-corrected chi connectivity index (χ3v) is 5.65. The van der Waals surface area contributed by atoms with Crippen LogP contribution >= 0.6 is 0 Å². The summed E-state index contributed by atoms with van der Waals surface area (Å²) in [5.74, 6) is 2.08. The van der Waals surface area contributed by atoms with Gasteiger partial charge in [-0.15, -0.1) is 0 Å². The Balaban J connectivity index is 2.07. The van der Waals surface area contributed by atoms with Crippen LogP contribution in [0.4, 0.5) is 0 Å². The first-order chi connectivity index (χ1) is 13.7. The van der Waals surface area contributed by atoms with Crippen molar-refractivity contribution in [2.45, 2.75) is 91.9 Å². The molecule has 0 aromatic heterocycles. The second-order valence-corrected chi connectivity index (χ2v) is 7.98. The molecular formula is C26H40O2. The molecule has 0 aliphatic heterocycles. The summed E-state index contributed by atoms with van der Waals surface area (Å²) in [4.78, 5) is 0. The molecule has 0 N–H and O–H groups in total. The van der Waals surface area contributed by atoms with Crippen molar-refractivity contribution in [1.82, 2.24) is 0 Å². The first kappa shape index (κ1) is 22.6. The second-order valence-electron chi connectivity index (χ2n) is 7.98. The van der Waals surface area contributed by atoms with E-state index in [9.17, 15) is 0 Å². The molecule has 0 aliphatic carbocycles. The maximum Gasteiger partial charge on any atom is 0.130 e. The Morgan fingerprint density at radius 2 is 0.964 bits per heavy atom. The number of rotatable bonds is 14. The number of unbranched alkanes of at least 4 members (excludes halogenated alkanes) is 8. The standard InChI is InChI=1S/C26H40O2/c1-5-7-9-11-15-19-27-25-21(3)22(4)26(24-18-14-13-17-23(24)25)28-20-16-12-10-8-6-2/h13-14,17-18H,5-12,15-16,19-20H2,1-4H3. The molecule has 0 bridgehead atoms. The molecule has 2 rings (SSSR count). The van der Waals surface area contributed by atoms with E-state index in [1.165, 1.54) is 73.3 Å². The highest BCUT2D eigenvalue weighted by Crippen LogP contribution is 2.40. The van der Waals surface area contributed by atoms with Gasteiger partial charge in [0.05, 0.1) is 13.2 Å². The Hall–Kier alpha value is -1.70. The molecule has 2 heteroatoms. The first-order valence-corrected chi connectivity index (χ1v) is 11.5. The Morgan fingerprint density at radius 3 is 1.36 bits per heavy atom. The van der Waals surface area contributed by atoms with Gasteiger partial charge >= 0.3 is 0 Å². The van der Waals surface area contributed by atoms with E-state index in [1.54, 1.807) is 0 Å². The van der Waals surface area contributed by atoms with Crippen molar-refractivity contribution in [2.24, 2.45) is 0 Å². The summed E-state index contributed by atoms with van der Waals surface area (Å²) in [6.45, 7) is 10.4. The van der Waals surface area contributed by atoms with Gasteiger partial charge in [0.25, 0.3) is 0 Å². The topological polar surface area (TPSA) is 18.5 Å². The average molecular weight is 385 g/mol. The Bertz CT molecular complexity index is 645. The molecule has 0 saturated carbocycles. The van der Waals surface area contributed by atoms with Gasteiger partial charge in [-0.05, 0) is 37.8 Å². The summed E-state index contributed by atoms with van der Waals surface area (Å²) in [6.07, 6.45) is 12.6. The fourth-order valence-corrected chi connectivity index (χ4v) is 3.76. The van der Waals surface area contributed by atoms with E-state index in [-0.39, 0.29) is 0 Å². The summed E-state index contributed by atoms with van der Waals surface area (Å²) in [5, 5.41) is 2.36. The number of ether oxygens (including phenoxy) is 2. The van der Waals surface area contributed by atoms with Gasteiger partial charge in [0.1, 0.15) is 11.5 Å². The van der Waals surface area contributed by atoms with Crippen molar-refractivity contribution in [3.63, 3.8) is 0 Å². The van der Waals surface area contributed by atoms with Crippen molar-refractivity contribution in [1.29, 1.82) is 0 Å². The lowest BCUT2D eigenvalue weighted by Gasteiger charge is -2.19. The molecule has 0 aliphatic rings. The molecule has 0 fully saturated rings. The third-order valence-electron chi connectivity index (χ3n) is 5.65. The number of hydrogen-bond acceptors (Lipinski definition) is 2. The van der Waals surface area contributed by atoms with E-state index in [0.717, 1.165) is 37.6 Å². The fraction of sp³-hybridized carbons (Fsp3) is 0.615. The van der Waals surface area contributed by atoms with E-state index in [4.69, 9.17) is 9.47 Å². The molecule has 156 valence electrons. The van der Waals surface area contributed by atoms with E-state index < -0.39 is 0 Å². The van der Waals surface area contributed by atoms with Gasteiger partial charge in [-0.1, -0.05) is 89.5 Å². The lowest BCUT2D eigenvalue weighted by atomic mass is 9.99. The van der Waals surface area contributed by atoms with Crippen LogP contribution in [0.5, 0.6) is 11.5 Å². The van der Waals surface area contributed by atoms with Crippen LogP contribution in [0.2, 0.25) is 0 Å². The quantitative estimate of drug-likeness (QED) is 0.306. The molecule has 0 saturated heterocycles. The minimum atomic E-state index is 0.797. The highest BCUT2D eigenvalue weighted by atomic mass is 16.5. The maximum absolute atomic E-state index is 6.28. The minimum absolute atomic E-state index is 0.797. The van der Waals surface area contributed by atoms with E-state index in [1.807, 2.05) is 0 Å². The van der Waals surface area contributed by atoms with E-state index in [2.05, 4.69) is 52.0 Å². The predicted molar refractivity (Wildman–Crippen MR) is 122 cm³/mol. The van der Waals surface area contributed by atoms with Crippen LogP contribution in [-0.4, -0.2) is 13.2 Å². The highest BCUT2D eigenvalue weighted by Gasteiger charge is 2.16. The van der Waals surface area contributed by atoms with Crippen LogP contribution < -0.4 is 9.47 Å². The smallest absolute Gasteiger partial charge is 0.130 e. The lowest BCUT2D eigenvalue weighted by molar-refractivity contribution is 0.298. The highest BCUT2D eigenvalue weighted by molar-refractivity contribution is 5.95. The third kappa shape index (κ3) is 6.43. The summed E-state index contributed by atoms with van der Waals surface area (Å²) in [7, 11) is 0. The summed E-state index contributed by atoms with van der Waals surface area (Å²) in [6, 6.07) is 8.53. The minimum Gasteiger partial charge on any atom is -0.493 e. The van der Waals surface area contributed by atoms with Crippen LogP contribution in [0, 0.1) is 13.8 Å². The molecular weight excluding hydrogens is 344 g/mol. The number of hydrogen-bond donors (Lipinski definition) is 0. The predicted octanol–water partition coefficient (Wildman–Crippen LogP) is 8.16. The summed E-state index contributed by atoms with van der Waals surface area (Å²) < 4.78 is 12.6. The fourth-order valence-electron chi connectivity index (χ4n) is 3.76. The van der Waals surface area contributed by atoms with Crippen LogP contribution in [0.1, 0.15) is 89.2 Å². The average Bonchev–Trinajstić information content (AvgIpc) is 2.71. The van der Waals surface area contributed by atoms with Gasteiger partial charge in [-0.3, -0.25) is 0 Å².